The van der Waals surface area contributed by atoms with E-state index in [0.717, 1.165) is 0 Å². The first-order valence-corrected chi connectivity index (χ1v) is 6.42. The first-order chi connectivity index (χ1) is 9.52. The van der Waals surface area contributed by atoms with Crippen molar-refractivity contribution in [2.45, 2.75) is 40.2 Å². The summed E-state index contributed by atoms with van der Waals surface area (Å²) in [6.07, 6.45) is 0. The summed E-state index contributed by atoms with van der Waals surface area (Å²) in [4.78, 5) is 16.0. The second-order valence-electron chi connectivity index (χ2n) is 4.59. The summed E-state index contributed by atoms with van der Waals surface area (Å²) >= 11 is 0. The zero-order valence-corrected chi connectivity index (χ0v) is 12.0. The molecule has 0 aromatic carbocycles. The number of nitrogens with zero attached hydrogens (tertiary/aromatic N) is 5. The van der Waals surface area contributed by atoms with Crippen LogP contribution in [0.3, 0.4) is 0 Å². The Labute approximate surface area is 116 Å². The van der Waals surface area contributed by atoms with Gasteiger partial charge in [-0.05, 0) is 12.8 Å². The standard InChI is InChI=1S/C12H17N5O3/c1-5-19-12(18)10-11(7(2)3)17(16-14-10)6-9-13-8(4)20-15-9/h7H,5-6H2,1-4H3. The van der Waals surface area contributed by atoms with Crippen molar-refractivity contribution in [3.8, 4) is 0 Å². The topological polar surface area (TPSA) is 95.9 Å². The van der Waals surface area contributed by atoms with Crippen LogP contribution in [0.25, 0.3) is 0 Å². The van der Waals surface area contributed by atoms with Crippen molar-refractivity contribution >= 4 is 5.97 Å². The number of carbonyl (C=O) groups is 1. The quantitative estimate of drug-likeness (QED) is 0.761. The molecule has 0 fully saturated rings. The SMILES string of the molecule is CCOC(=O)c1nnn(Cc2noc(C)n2)c1C(C)C. The van der Waals surface area contributed by atoms with Gasteiger partial charge in [0.25, 0.3) is 0 Å². The molecule has 8 nitrogen and oxygen atoms in total. The van der Waals surface area contributed by atoms with Crippen molar-refractivity contribution in [3.63, 3.8) is 0 Å². The van der Waals surface area contributed by atoms with Gasteiger partial charge in [0.2, 0.25) is 5.89 Å². The molecule has 0 amide bonds. The molecule has 2 heterocycles. The second kappa shape index (κ2) is 5.81. The third-order valence-electron chi connectivity index (χ3n) is 2.65. The highest BCUT2D eigenvalue weighted by molar-refractivity contribution is 5.88. The Bertz CT molecular complexity index is 602. The molecule has 0 N–H and O–H groups in total. The number of ether oxygens (including phenoxy) is 1. The van der Waals surface area contributed by atoms with Crippen LogP contribution in [-0.2, 0) is 11.3 Å². The summed E-state index contributed by atoms with van der Waals surface area (Å²) in [6.45, 7) is 7.98. The Morgan fingerprint density at radius 2 is 2.20 bits per heavy atom. The maximum atomic E-state index is 11.9. The number of aromatic nitrogens is 5. The predicted molar refractivity (Wildman–Crippen MR) is 68.2 cm³/mol. The van der Waals surface area contributed by atoms with Crippen LogP contribution in [-0.4, -0.2) is 37.7 Å². The van der Waals surface area contributed by atoms with E-state index < -0.39 is 5.97 Å². The molecule has 2 aromatic rings. The predicted octanol–water partition coefficient (Wildman–Crippen LogP) is 1.32. The molecule has 0 unspecified atom stereocenters. The first kappa shape index (κ1) is 14.2. The van der Waals surface area contributed by atoms with E-state index in [1.807, 2.05) is 13.8 Å². The molecule has 0 radical (unpaired) electrons. The van der Waals surface area contributed by atoms with Gasteiger partial charge < -0.3 is 9.26 Å². The monoisotopic (exact) mass is 279 g/mol. The Kier molecular flexibility index (Phi) is 4.11. The molecule has 0 saturated heterocycles. The molecule has 0 spiro atoms. The highest BCUT2D eigenvalue weighted by Crippen LogP contribution is 2.19. The molecular weight excluding hydrogens is 262 g/mol. The van der Waals surface area contributed by atoms with Crippen LogP contribution in [0.2, 0.25) is 0 Å². The van der Waals surface area contributed by atoms with Crippen molar-refractivity contribution in [2.75, 3.05) is 6.61 Å². The Morgan fingerprint density at radius 1 is 1.45 bits per heavy atom. The van der Waals surface area contributed by atoms with Gasteiger partial charge in [-0.1, -0.05) is 24.2 Å². The van der Waals surface area contributed by atoms with Crippen LogP contribution in [0, 0.1) is 6.92 Å². The van der Waals surface area contributed by atoms with E-state index in [0.29, 0.717) is 30.6 Å². The summed E-state index contributed by atoms with van der Waals surface area (Å²) in [7, 11) is 0. The number of aryl methyl sites for hydroxylation is 1. The molecule has 8 heteroatoms. The minimum Gasteiger partial charge on any atom is -0.461 e. The zero-order chi connectivity index (χ0) is 14.7. The lowest BCUT2D eigenvalue weighted by Crippen LogP contribution is -2.13. The number of hydrogen-bond donors (Lipinski definition) is 0. The van der Waals surface area contributed by atoms with E-state index in [2.05, 4.69) is 20.5 Å². The Morgan fingerprint density at radius 3 is 2.75 bits per heavy atom. The fourth-order valence-electron chi connectivity index (χ4n) is 1.89. The van der Waals surface area contributed by atoms with Crippen molar-refractivity contribution in [1.29, 1.82) is 0 Å². The molecule has 0 aliphatic carbocycles. The van der Waals surface area contributed by atoms with Gasteiger partial charge in [-0.2, -0.15) is 4.98 Å². The van der Waals surface area contributed by atoms with E-state index in [9.17, 15) is 4.79 Å². The Hall–Kier alpha value is -2.25. The third kappa shape index (κ3) is 2.84. The summed E-state index contributed by atoms with van der Waals surface area (Å²) in [5, 5.41) is 11.7. The van der Waals surface area contributed by atoms with Gasteiger partial charge in [-0.15, -0.1) is 5.10 Å². The lowest BCUT2D eigenvalue weighted by Gasteiger charge is -2.09. The molecule has 2 aromatic heterocycles. The van der Waals surface area contributed by atoms with Crippen LogP contribution in [0.15, 0.2) is 4.52 Å². The zero-order valence-electron chi connectivity index (χ0n) is 12.0. The molecule has 108 valence electrons. The number of carbonyl (C=O) groups excluding carboxylic acids is 1. The van der Waals surface area contributed by atoms with E-state index in [1.165, 1.54) is 0 Å². The lowest BCUT2D eigenvalue weighted by molar-refractivity contribution is 0.0517. The average Bonchev–Trinajstić information content (AvgIpc) is 2.96. The van der Waals surface area contributed by atoms with Crippen molar-refractivity contribution in [3.05, 3.63) is 23.1 Å². The minimum atomic E-state index is -0.466. The van der Waals surface area contributed by atoms with Gasteiger partial charge in [0.1, 0.15) is 6.54 Å². The molecule has 2 rings (SSSR count). The number of esters is 1. The van der Waals surface area contributed by atoms with Crippen molar-refractivity contribution < 1.29 is 14.1 Å². The maximum absolute atomic E-state index is 11.9. The fourth-order valence-corrected chi connectivity index (χ4v) is 1.89. The fraction of sp³-hybridized carbons (Fsp3) is 0.583. The van der Waals surface area contributed by atoms with E-state index in [-0.39, 0.29) is 11.6 Å². The second-order valence-corrected chi connectivity index (χ2v) is 4.59. The van der Waals surface area contributed by atoms with Crippen molar-refractivity contribution in [1.82, 2.24) is 25.1 Å². The largest absolute Gasteiger partial charge is 0.461 e. The summed E-state index contributed by atoms with van der Waals surface area (Å²) in [6, 6.07) is 0. The van der Waals surface area contributed by atoms with Crippen LogP contribution < -0.4 is 0 Å². The van der Waals surface area contributed by atoms with Crippen molar-refractivity contribution in [2.24, 2.45) is 0 Å². The van der Waals surface area contributed by atoms with Gasteiger partial charge in [-0.3, -0.25) is 0 Å². The third-order valence-corrected chi connectivity index (χ3v) is 2.65. The Balaban J connectivity index is 2.31. The highest BCUT2D eigenvalue weighted by Gasteiger charge is 2.23. The van der Waals surface area contributed by atoms with Gasteiger partial charge >= 0.3 is 5.97 Å². The smallest absolute Gasteiger partial charge is 0.360 e. The molecule has 0 aliphatic rings. The lowest BCUT2D eigenvalue weighted by atomic mass is 10.1. The maximum Gasteiger partial charge on any atom is 0.360 e. The van der Waals surface area contributed by atoms with Crippen LogP contribution in [0.1, 0.15) is 54.6 Å². The summed E-state index contributed by atoms with van der Waals surface area (Å²) in [5.74, 6) is 0.575. The van der Waals surface area contributed by atoms with Gasteiger partial charge in [0.05, 0.1) is 12.3 Å². The van der Waals surface area contributed by atoms with Gasteiger partial charge in [0.15, 0.2) is 11.5 Å². The molecule has 0 bridgehead atoms. The molecule has 0 saturated carbocycles. The van der Waals surface area contributed by atoms with Gasteiger partial charge in [-0.25, -0.2) is 9.48 Å². The summed E-state index contributed by atoms with van der Waals surface area (Å²) in [5.41, 5.74) is 0.938. The molecule has 20 heavy (non-hydrogen) atoms. The van der Waals surface area contributed by atoms with Crippen LogP contribution in [0.4, 0.5) is 0 Å². The number of rotatable bonds is 5. The van der Waals surface area contributed by atoms with E-state index >= 15 is 0 Å². The highest BCUT2D eigenvalue weighted by atomic mass is 16.5. The first-order valence-electron chi connectivity index (χ1n) is 6.42. The average molecular weight is 279 g/mol. The minimum absolute atomic E-state index is 0.0670. The molecule has 0 aliphatic heterocycles. The molecule has 0 atom stereocenters. The van der Waals surface area contributed by atoms with Gasteiger partial charge in [0, 0.05) is 6.92 Å². The van der Waals surface area contributed by atoms with E-state index in [4.69, 9.17) is 9.26 Å². The summed E-state index contributed by atoms with van der Waals surface area (Å²) < 4.78 is 11.5. The normalized spacial score (nSPS) is 11.1. The molecular formula is C12H17N5O3. The van der Waals surface area contributed by atoms with E-state index in [1.54, 1.807) is 18.5 Å². The van der Waals surface area contributed by atoms with Crippen LogP contribution >= 0.6 is 0 Å². The number of hydrogen-bond acceptors (Lipinski definition) is 7. The van der Waals surface area contributed by atoms with Crippen LogP contribution in [0.5, 0.6) is 0 Å².